The molecule has 0 aliphatic rings. The number of nitrogens with zero attached hydrogens (tertiary/aromatic N) is 4. The Morgan fingerprint density at radius 3 is 2.24 bits per heavy atom. The van der Waals surface area contributed by atoms with Crippen LogP contribution in [0, 0.1) is 0 Å². The number of carbonyl (C=O) groups excluding carboxylic acids is 1. The minimum absolute atomic E-state index is 0.298. The summed E-state index contributed by atoms with van der Waals surface area (Å²) in [7, 11) is 0. The number of fused-ring (bicyclic) bond motifs is 2. The molecule has 0 aliphatic carbocycles. The molecule has 2 aromatic heterocycles. The van der Waals surface area contributed by atoms with E-state index in [0.717, 1.165) is 16.7 Å². The number of benzene rings is 2. The van der Waals surface area contributed by atoms with Crippen molar-refractivity contribution in [2.24, 2.45) is 0 Å². The lowest BCUT2D eigenvalue weighted by Crippen LogP contribution is -1.98. The fourth-order valence-electron chi connectivity index (χ4n) is 2.34. The van der Waals surface area contributed by atoms with Gasteiger partial charge in [-0.2, -0.15) is 5.10 Å². The summed E-state index contributed by atoms with van der Waals surface area (Å²) < 4.78 is 1.65. The van der Waals surface area contributed by atoms with Gasteiger partial charge in [0.15, 0.2) is 17.6 Å². The highest BCUT2D eigenvalue weighted by Crippen LogP contribution is 2.21. The summed E-state index contributed by atoms with van der Waals surface area (Å²) in [5, 5.41) is 4.32. The summed E-state index contributed by atoms with van der Waals surface area (Å²) >= 11 is 0. The Bertz CT molecular complexity index is 960. The number of aromatic nitrogens is 4. The van der Waals surface area contributed by atoms with E-state index in [9.17, 15) is 4.79 Å². The normalized spacial score (nSPS) is 11.0. The maximum atomic E-state index is 11.3. The van der Waals surface area contributed by atoms with Gasteiger partial charge in [-0.3, -0.25) is 4.79 Å². The minimum Gasteiger partial charge on any atom is -0.296 e. The molecule has 5 heteroatoms. The zero-order valence-corrected chi connectivity index (χ0v) is 11.0. The van der Waals surface area contributed by atoms with Crippen LogP contribution >= 0.6 is 0 Å². The first-order valence-electron chi connectivity index (χ1n) is 6.53. The zero-order chi connectivity index (χ0) is 14.2. The van der Waals surface area contributed by atoms with Gasteiger partial charge in [-0.05, 0) is 24.3 Å². The molecule has 2 heterocycles. The number of para-hydroxylation sites is 3. The Labute approximate surface area is 119 Å². The van der Waals surface area contributed by atoms with E-state index in [4.69, 9.17) is 0 Å². The molecule has 0 N–H and O–H groups in total. The van der Waals surface area contributed by atoms with Gasteiger partial charge in [-0.1, -0.05) is 30.3 Å². The second-order valence-electron chi connectivity index (χ2n) is 4.63. The van der Waals surface area contributed by atoms with Gasteiger partial charge in [-0.25, -0.2) is 14.6 Å². The van der Waals surface area contributed by atoms with E-state index in [-0.39, 0.29) is 0 Å². The minimum atomic E-state index is 0.298. The van der Waals surface area contributed by atoms with Gasteiger partial charge in [0.05, 0.1) is 16.7 Å². The molecule has 0 radical (unpaired) electrons. The molecule has 0 saturated carbocycles. The summed E-state index contributed by atoms with van der Waals surface area (Å²) in [5.74, 6) is 0. The van der Waals surface area contributed by atoms with Gasteiger partial charge >= 0.3 is 0 Å². The van der Waals surface area contributed by atoms with Crippen LogP contribution < -0.4 is 0 Å². The molecule has 4 rings (SSSR count). The van der Waals surface area contributed by atoms with Crippen LogP contribution in [0.3, 0.4) is 0 Å². The monoisotopic (exact) mass is 274 g/mol. The summed E-state index contributed by atoms with van der Waals surface area (Å²) in [6, 6.07) is 17.2. The fourth-order valence-corrected chi connectivity index (χ4v) is 2.34. The van der Waals surface area contributed by atoms with E-state index in [0.29, 0.717) is 23.1 Å². The number of hydrogen-bond donors (Lipinski definition) is 0. The molecule has 2 aromatic carbocycles. The van der Waals surface area contributed by atoms with Gasteiger partial charge in [0.25, 0.3) is 0 Å². The average Bonchev–Trinajstić information content (AvgIpc) is 2.91. The predicted molar refractivity (Wildman–Crippen MR) is 79.6 cm³/mol. The van der Waals surface area contributed by atoms with Crippen molar-refractivity contribution in [3.63, 3.8) is 0 Å². The Kier molecular flexibility index (Phi) is 2.50. The number of hydrogen-bond acceptors (Lipinski definition) is 4. The molecule has 21 heavy (non-hydrogen) atoms. The van der Waals surface area contributed by atoms with E-state index in [1.54, 1.807) is 4.68 Å². The number of carbonyl (C=O) groups is 1. The van der Waals surface area contributed by atoms with E-state index in [2.05, 4.69) is 15.1 Å². The largest absolute Gasteiger partial charge is 0.296 e. The zero-order valence-electron chi connectivity index (χ0n) is 11.0. The molecule has 0 spiro atoms. The van der Waals surface area contributed by atoms with Crippen LogP contribution in [0.15, 0.2) is 54.6 Å². The molecule has 0 fully saturated rings. The van der Waals surface area contributed by atoms with E-state index < -0.39 is 0 Å². The smallest absolute Gasteiger partial charge is 0.183 e. The first-order chi connectivity index (χ1) is 10.4. The van der Waals surface area contributed by atoms with Crippen molar-refractivity contribution < 1.29 is 4.79 Å². The standard InChI is InChI=1S/C16H10N4O/c21-10-14-15-16(18-13-9-5-4-8-12(13)17-15)20(19-14)11-6-2-1-3-7-11/h1-10H. The third-order valence-electron chi connectivity index (χ3n) is 3.32. The maximum Gasteiger partial charge on any atom is 0.183 e. The fraction of sp³-hybridized carbons (Fsp3) is 0. The predicted octanol–water partition coefficient (Wildman–Crippen LogP) is 2.78. The van der Waals surface area contributed by atoms with Gasteiger partial charge in [0.1, 0.15) is 5.52 Å². The van der Waals surface area contributed by atoms with Crippen LogP contribution in [0.2, 0.25) is 0 Å². The van der Waals surface area contributed by atoms with Gasteiger partial charge in [0.2, 0.25) is 0 Å². The van der Waals surface area contributed by atoms with E-state index >= 15 is 0 Å². The van der Waals surface area contributed by atoms with Crippen molar-refractivity contribution in [2.45, 2.75) is 0 Å². The molecule has 0 atom stereocenters. The molecule has 0 amide bonds. The van der Waals surface area contributed by atoms with Crippen molar-refractivity contribution in [1.29, 1.82) is 0 Å². The number of rotatable bonds is 2. The summed E-state index contributed by atoms with van der Waals surface area (Å²) in [6.07, 6.45) is 0.714. The highest BCUT2D eigenvalue weighted by Gasteiger charge is 2.15. The first-order valence-corrected chi connectivity index (χ1v) is 6.53. The summed E-state index contributed by atoms with van der Waals surface area (Å²) in [5.41, 5.74) is 3.78. The SMILES string of the molecule is O=Cc1nn(-c2ccccc2)c2nc3ccccc3nc12. The topological polar surface area (TPSA) is 60.7 Å². The maximum absolute atomic E-state index is 11.3. The third-order valence-corrected chi connectivity index (χ3v) is 3.32. The molecule has 0 aliphatic heterocycles. The Morgan fingerprint density at radius 1 is 0.857 bits per heavy atom. The second kappa shape index (κ2) is 4.49. The molecule has 0 saturated heterocycles. The molecule has 5 nitrogen and oxygen atoms in total. The van der Waals surface area contributed by atoms with Crippen molar-refractivity contribution >= 4 is 28.5 Å². The van der Waals surface area contributed by atoms with E-state index in [1.807, 2.05) is 54.6 Å². The molecule has 0 unspecified atom stereocenters. The highest BCUT2D eigenvalue weighted by atomic mass is 16.1. The Morgan fingerprint density at radius 2 is 1.52 bits per heavy atom. The van der Waals surface area contributed by atoms with Gasteiger partial charge in [0, 0.05) is 0 Å². The van der Waals surface area contributed by atoms with Crippen molar-refractivity contribution in [2.75, 3.05) is 0 Å². The van der Waals surface area contributed by atoms with E-state index in [1.165, 1.54) is 0 Å². The number of aldehydes is 1. The van der Waals surface area contributed by atoms with Crippen LogP contribution in [0.5, 0.6) is 0 Å². The Hall–Kier alpha value is -3.08. The molecule has 100 valence electrons. The molecule has 4 aromatic rings. The second-order valence-corrected chi connectivity index (χ2v) is 4.63. The lowest BCUT2D eigenvalue weighted by Gasteiger charge is -2.02. The quantitative estimate of drug-likeness (QED) is 0.527. The van der Waals surface area contributed by atoms with Crippen LogP contribution in [0.1, 0.15) is 10.5 Å². The van der Waals surface area contributed by atoms with Crippen LogP contribution in [-0.4, -0.2) is 26.0 Å². The van der Waals surface area contributed by atoms with Crippen LogP contribution in [0.4, 0.5) is 0 Å². The molecular weight excluding hydrogens is 264 g/mol. The Balaban J connectivity index is 2.12. The average molecular weight is 274 g/mol. The summed E-state index contributed by atoms with van der Waals surface area (Å²) in [6.45, 7) is 0. The van der Waals surface area contributed by atoms with Crippen molar-refractivity contribution in [3.8, 4) is 5.69 Å². The lowest BCUT2D eigenvalue weighted by molar-refractivity contribution is 0.112. The summed E-state index contributed by atoms with van der Waals surface area (Å²) in [4.78, 5) is 20.4. The molecular formula is C16H10N4O. The molecule has 0 bridgehead atoms. The highest BCUT2D eigenvalue weighted by molar-refractivity contribution is 5.95. The van der Waals surface area contributed by atoms with Crippen molar-refractivity contribution in [3.05, 3.63) is 60.3 Å². The van der Waals surface area contributed by atoms with Crippen LogP contribution in [0.25, 0.3) is 27.9 Å². The van der Waals surface area contributed by atoms with Crippen molar-refractivity contribution in [1.82, 2.24) is 19.7 Å². The van der Waals surface area contributed by atoms with Gasteiger partial charge < -0.3 is 0 Å². The van der Waals surface area contributed by atoms with Gasteiger partial charge in [-0.15, -0.1) is 0 Å². The van der Waals surface area contributed by atoms with Crippen LogP contribution in [-0.2, 0) is 0 Å². The lowest BCUT2D eigenvalue weighted by atomic mass is 10.3. The third kappa shape index (κ3) is 1.79. The first kappa shape index (κ1) is 11.7.